The lowest BCUT2D eigenvalue weighted by Gasteiger charge is -2.19. The van der Waals surface area contributed by atoms with Crippen molar-refractivity contribution in [3.05, 3.63) is 63.9 Å². The Balaban J connectivity index is 2.21. The molecule has 0 aromatic heterocycles. The molecule has 0 fully saturated rings. The molecule has 3 nitrogen and oxygen atoms in total. The van der Waals surface area contributed by atoms with Crippen LogP contribution >= 0.6 is 11.6 Å². The van der Waals surface area contributed by atoms with Crippen LogP contribution in [0, 0.1) is 12.7 Å². The zero-order valence-electron chi connectivity index (χ0n) is 11.9. The molecule has 0 aliphatic carbocycles. The highest BCUT2D eigenvalue weighted by Gasteiger charge is 2.16. The normalized spacial score (nSPS) is 10.5. The van der Waals surface area contributed by atoms with Crippen LogP contribution in [0.15, 0.2) is 36.4 Å². The number of nitrogens with zero attached hydrogens (tertiary/aromatic N) is 1. The Morgan fingerprint density at radius 3 is 2.67 bits per heavy atom. The lowest BCUT2D eigenvalue weighted by atomic mass is 10.1. The maximum Gasteiger partial charge on any atom is 0.253 e. The first-order chi connectivity index (χ1) is 9.90. The van der Waals surface area contributed by atoms with Crippen molar-refractivity contribution in [2.45, 2.75) is 13.5 Å². The van der Waals surface area contributed by atoms with Crippen LogP contribution in [0.1, 0.15) is 21.5 Å². The van der Waals surface area contributed by atoms with Crippen molar-refractivity contribution >= 4 is 23.2 Å². The zero-order chi connectivity index (χ0) is 15.6. The first-order valence-corrected chi connectivity index (χ1v) is 6.82. The highest BCUT2D eigenvalue weighted by molar-refractivity contribution is 6.31. The average Bonchev–Trinajstić information content (AvgIpc) is 2.45. The van der Waals surface area contributed by atoms with Gasteiger partial charge in [0.25, 0.3) is 5.91 Å². The van der Waals surface area contributed by atoms with Gasteiger partial charge in [-0.15, -0.1) is 0 Å². The topological polar surface area (TPSA) is 46.3 Å². The Labute approximate surface area is 128 Å². The summed E-state index contributed by atoms with van der Waals surface area (Å²) in [6, 6.07) is 9.56. The molecule has 2 N–H and O–H groups in total. The number of carbonyl (C=O) groups is 1. The fraction of sp³-hybridized carbons (Fsp3) is 0.188. The molecule has 2 rings (SSSR count). The van der Waals surface area contributed by atoms with Crippen LogP contribution < -0.4 is 5.73 Å². The fourth-order valence-corrected chi connectivity index (χ4v) is 2.21. The number of halogens is 2. The van der Waals surface area contributed by atoms with E-state index in [0.29, 0.717) is 21.8 Å². The highest BCUT2D eigenvalue weighted by atomic mass is 35.5. The van der Waals surface area contributed by atoms with Gasteiger partial charge in [-0.25, -0.2) is 4.39 Å². The van der Waals surface area contributed by atoms with Gasteiger partial charge in [-0.2, -0.15) is 0 Å². The number of hydrogen-bond acceptors (Lipinski definition) is 2. The van der Waals surface area contributed by atoms with Gasteiger partial charge >= 0.3 is 0 Å². The van der Waals surface area contributed by atoms with Crippen molar-refractivity contribution in [1.29, 1.82) is 0 Å². The van der Waals surface area contributed by atoms with Crippen molar-refractivity contribution in [1.82, 2.24) is 4.90 Å². The van der Waals surface area contributed by atoms with Crippen molar-refractivity contribution in [3.63, 3.8) is 0 Å². The van der Waals surface area contributed by atoms with E-state index in [1.807, 2.05) is 6.92 Å². The molecule has 5 heteroatoms. The first kappa shape index (κ1) is 15.3. The maximum absolute atomic E-state index is 13.8. The van der Waals surface area contributed by atoms with Gasteiger partial charge in [0.2, 0.25) is 0 Å². The summed E-state index contributed by atoms with van der Waals surface area (Å²) < 4.78 is 13.8. The summed E-state index contributed by atoms with van der Waals surface area (Å²) in [7, 11) is 1.60. The monoisotopic (exact) mass is 306 g/mol. The predicted octanol–water partition coefficient (Wildman–Crippen LogP) is 3.64. The molecule has 0 radical (unpaired) electrons. The summed E-state index contributed by atoms with van der Waals surface area (Å²) in [5.41, 5.74) is 8.04. The van der Waals surface area contributed by atoms with Gasteiger partial charge in [-0.3, -0.25) is 4.79 Å². The second kappa shape index (κ2) is 6.14. The lowest BCUT2D eigenvalue weighted by Crippen LogP contribution is -2.27. The van der Waals surface area contributed by atoms with E-state index >= 15 is 0 Å². The van der Waals surface area contributed by atoms with Crippen molar-refractivity contribution in [2.75, 3.05) is 12.8 Å². The molecule has 0 aliphatic rings. The summed E-state index contributed by atoms with van der Waals surface area (Å²) in [5, 5.41) is 0.304. The number of nitrogens with two attached hydrogens (primary N) is 1. The lowest BCUT2D eigenvalue weighted by molar-refractivity contribution is 0.0784. The largest absolute Gasteiger partial charge is 0.398 e. The molecule has 0 aliphatic heterocycles. The summed E-state index contributed by atoms with van der Waals surface area (Å²) >= 11 is 5.97. The van der Waals surface area contributed by atoms with Crippen LogP contribution in [0.5, 0.6) is 0 Å². The van der Waals surface area contributed by atoms with Crippen LogP contribution in [-0.2, 0) is 6.54 Å². The van der Waals surface area contributed by atoms with E-state index in [1.165, 1.54) is 17.0 Å². The van der Waals surface area contributed by atoms with Gasteiger partial charge in [0.05, 0.1) is 0 Å². The Bertz CT molecular complexity index is 668. The minimum Gasteiger partial charge on any atom is -0.398 e. The number of amides is 1. The standard InChI is InChI=1S/C16H16ClFN2O/c1-10-6-7-11(8-15(10)19)16(21)20(2)9-12-13(17)4-3-5-14(12)18/h3-8H,9,19H2,1-2H3. The van der Waals surface area contributed by atoms with E-state index in [9.17, 15) is 9.18 Å². The van der Waals surface area contributed by atoms with Crippen LogP contribution in [0.2, 0.25) is 5.02 Å². The van der Waals surface area contributed by atoms with Crippen molar-refractivity contribution < 1.29 is 9.18 Å². The van der Waals surface area contributed by atoms with Gasteiger partial charge in [0.1, 0.15) is 5.82 Å². The van der Waals surface area contributed by atoms with Crippen molar-refractivity contribution in [2.24, 2.45) is 0 Å². The number of rotatable bonds is 3. The minimum atomic E-state index is -0.425. The van der Waals surface area contributed by atoms with Crippen LogP contribution in [0.25, 0.3) is 0 Å². The Kier molecular flexibility index (Phi) is 4.48. The minimum absolute atomic E-state index is 0.0954. The summed E-state index contributed by atoms with van der Waals surface area (Å²) in [5.74, 6) is -0.661. The van der Waals surface area contributed by atoms with E-state index in [0.717, 1.165) is 5.56 Å². The SMILES string of the molecule is Cc1ccc(C(=O)N(C)Cc2c(F)cccc2Cl)cc1N. The molecule has 0 heterocycles. The van der Waals surface area contributed by atoms with E-state index in [4.69, 9.17) is 17.3 Å². The Morgan fingerprint density at radius 1 is 1.33 bits per heavy atom. The number of hydrogen-bond donors (Lipinski definition) is 1. The van der Waals surface area contributed by atoms with Gasteiger partial charge in [0.15, 0.2) is 0 Å². The molecule has 0 saturated heterocycles. The second-order valence-corrected chi connectivity index (χ2v) is 5.34. The molecule has 0 spiro atoms. The van der Waals surface area contributed by atoms with Gasteiger partial charge in [-0.05, 0) is 36.8 Å². The van der Waals surface area contributed by atoms with E-state index in [2.05, 4.69) is 0 Å². The average molecular weight is 307 g/mol. The van der Waals surface area contributed by atoms with Crippen LogP contribution in [0.4, 0.5) is 10.1 Å². The number of benzene rings is 2. The Morgan fingerprint density at radius 2 is 2.05 bits per heavy atom. The second-order valence-electron chi connectivity index (χ2n) is 4.93. The number of nitrogen functional groups attached to an aromatic ring is 1. The number of anilines is 1. The number of carbonyl (C=O) groups excluding carboxylic acids is 1. The van der Waals surface area contributed by atoms with Gasteiger partial charge < -0.3 is 10.6 Å². The summed E-state index contributed by atoms with van der Waals surface area (Å²) in [4.78, 5) is 13.8. The quantitative estimate of drug-likeness (QED) is 0.880. The summed E-state index contributed by atoms with van der Waals surface area (Å²) in [6.07, 6.45) is 0. The third-order valence-electron chi connectivity index (χ3n) is 3.33. The van der Waals surface area contributed by atoms with Crippen molar-refractivity contribution in [3.8, 4) is 0 Å². The molecule has 2 aromatic rings. The highest BCUT2D eigenvalue weighted by Crippen LogP contribution is 2.21. The molecule has 0 saturated carbocycles. The third kappa shape index (κ3) is 3.34. The summed E-state index contributed by atoms with van der Waals surface area (Å²) in [6.45, 7) is 1.96. The molecule has 0 unspecified atom stereocenters. The zero-order valence-corrected chi connectivity index (χ0v) is 12.6. The molecular weight excluding hydrogens is 291 g/mol. The fourth-order valence-electron chi connectivity index (χ4n) is 1.99. The smallest absolute Gasteiger partial charge is 0.253 e. The molecule has 0 atom stereocenters. The maximum atomic E-state index is 13.8. The molecule has 2 aromatic carbocycles. The van der Waals surface area contributed by atoms with Crippen LogP contribution in [-0.4, -0.2) is 17.9 Å². The number of aryl methyl sites for hydroxylation is 1. The first-order valence-electron chi connectivity index (χ1n) is 6.44. The van der Waals surface area contributed by atoms with E-state index < -0.39 is 5.82 Å². The van der Waals surface area contributed by atoms with Crippen LogP contribution in [0.3, 0.4) is 0 Å². The Hall–Kier alpha value is -2.07. The molecule has 21 heavy (non-hydrogen) atoms. The van der Waals surface area contributed by atoms with E-state index in [-0.39, 0.29) is 12.5 Å². The van der Waals surface area contributed by atoms with E-state index in [1.54, 1.807) is 31.3 Å². The molecular formula is C16H16ClFN2O. The van der Waals surface area contributed by atoms with Gasteiger partial charge in [-0.1, -0.05) is 23.7 Å². The molecule has 0 bridgehead atoms. The van der Waals surface area contributed by atoms with Gasteiger partial charge in [0, 0.05) is 35.4 Å². The third-order valence-corrected chi connectivity index (χ3v) is 3.68. The predicted molar refractivity (Wildman–Crippen MR) is 82.8 cm³/mol. The molecule has 110 valence electrons. The molecule has 1 amide bonds.